The predicted molar refractivity (Wildman–Crippen MR) is 155 cm³/mol. The number of benzene rings is 1. The average molecular weight is 623 g/mol. The van der Waals surface area contributed by atoms with Crippen LogP contribution in [0.5, 0.6) is 11.5 Å². The molecule has 1 spiro atoms. The van der Waals surface area contributed by atoms with Crippen molar-refractivity contribution in [2.75, 3.05) is 5.75 Å². The van der Waals surface area contributed by atoms with Gasteiger partial charge in [-0.15, -0.1) is 0 Å². The molecule has 4 atom stereocenters. The van der Waals surface area contributed by atoms with Crippen LogP contribution in [0.15, 0.2) is 30.5 Å². The van der Waals surface area contributed by atoms with E-state index in [4.69, 9.17) is 16.3 Å². The zero-order chi connectivity index (χ0) is 30.8. The van der Waals surface area contributed by atoms with Crippen LogP contribution in [-0.2, 0) is 14.8 Å². The normalized spacial score (nSPS) is 26.2. The second-order valence-corrected chi connectivity index (χ2v) is 15.2. The highest BCUT2D eigenvalue weighted by molar-refractivity contribution is 7.90. The summed E-state index contributed by atoms with van der Waals surface area (Å²) in [5, 5.41) is 14.2. The Morgan fingerprint density at radius 3 is 2.64 bits per heavy atom. The monoisotopic (exact) mass is 622 g/mol. The van der Waals surface area contributed by atoms with Crippen LogP contribution in [0.4, 0.5) is 10.2 Å². The smallest absolute Gasteiger partial charge is 0.363 e. The van der Waals surface area contributed by atoms with Crippen LogP contribution in [0.25, 0.3) is 0 Å². The number of halogens is 2. The van der Waals surface area contributed by atoms with Crippen molar-refractivity contribution >= 4 is 33.3 Å². The van der Waals surface area contributed by atoms with E-state index in [1.54, 1.807) is 13.8 Å². The maximum atomic E-state index is 15.8. The molecule has 0 unspecified atom stereocenters. The molecule has 0 radical (unpaired) electrons. The van der Waals surface area contributed by atoms with Crippen molar-refractivity contribution in [1.29, 1.82) is 0 Å². The number of hydrogen-bond donors (Lipinski definition) is 1. The SMILES string of the molecule is CC[C@@H](NC(C)(C)CC(=O)N1[C@@H]2C[C@H]3CC[C@]2(CS1(=O)=O)C3(C)C)c1ccc(Cl)c(Oc2ccc([N+](=O)[O-])nc2)c1F. The summed E-state index contributed by atoms with van der Waals surface area (Å²) < 4.78 is 49.3. The highest BCUT2D eigenvalue weighted by atomic mass is 35.5. The number of fused-ring (bicyclic) bond motifs is 1. The summed E-state index contributed by atoms with van der Waals surface area (Å²) in [6.07, 6.45) is 3.97. The van der Waals surface area contributed by atoms with Crippen molar-refractivity contribution in [2.24, 2.45) is 16.7 Å². The van der Waals surface area contributed by atoms with Crippen LogP contribution in [0.3, 0.4) is 0 Å². The molecule has 42 heavy (non-hydrogen) atoms. The first-order valence-corrected chi connectivity index (χ1v) is 16.1. The molecule has 1 N–H and O–H groups in total. The summed E-state index contributed by atoms with van der Waals surface area (Å²) in [6.45, 7) is 9.73. The van der Waals surface area contributed by atoms with Crippen molar-refractivity contribution in [3.63, 3.8) is 0 Å². The largest absolute Gasteiger partial charge is 0.449 e. The minimum Gasteiger partial charge on any atom is -0.449 e. The topological polar surface area (TPSA) is 132 Å². The van der Waals surface area contributed by atoms with Crippen LogP contribution < -0.4 is 10.1 Å². The van der Waals surface area contributed by atoms with Gasteiger partial charge in [-0.2, -0.15) is 0 Å². The minimum atomic E-state index is -3.75. The van der Waals surface area contributed by atoms with Crippen molar-refractivity contribution in [3.8, 4) is 11.5 Å². The Hall–Kier alpha value is -2.83. The summed E-state index contributed by atoms with van der Waals surface area (Å²) >= 11 is 6.25. The molecule has 2 bridgehead atoms. The third-order valence-electron chi connectivity index (χ3n) is 9.81. The van der Waals surface area contributed by atoms with E-state index < -0.39 is 43.7 Å². The summed E-state index contributed by atoms with van der Waals surface area (Å²) in [5.74, 6) is -1.33. The number of nitrogens with one attached hydrogen (secondary N) is 1. The number of aromatic nitrogens is 1. The lowest BCUT2D eigenvalue weighted by Crippen LogP contribution is -2.49. The van der Waals surface area contributed by atoms with Crippen LogP contribution in [0.1, 0.15) is 78.3 Å². The Balaban J connectivity index is 1.34. The summed E-state index contributed by atoms with van der Waals surface area (Å²) in [7, 11) is -3.75. The molecule has 1 amide bonds. The van der Waals surface area contributed by atoms with Crippen LogP contribution in [-0.4, -0.2) is 45.9 Å². The molecule has 3 fully saturated rings. The molecule has 2 aromatic rings. The molecule has 2 heterocycles. The Kier molecular flexibility index (Phi) is 7.59. The van der Waals surface area contributed by atoms with Crippen LogP contribution in [0, 0.1) is 32.7 Å². The van der Waals surface area contributed by atoms with E-state index in [1.165, 1.54) is 22.5 Å². The first kappa shape index (κ1) is 30.6. The molecule has 1 saturated heterocycles. The van der Waals surface area contributed by atoms with Gasteiger partial charge in [-0.3, -0.25) is 4.79 Å². The van der Waals surface area contributed by atoms with Crippen LogP contribution in [0.2, 0.25) is 5.02 Å². The maximum Gasteiger partial charge on any atom is 0.363 e. The fraction of sp³-hybridized carbons (Fsp3) is 0.586. The van der Waals surface area contributed by atoms with E-state index in [-0.39, 0.29) is 51.5 Å². The number of sulfonamides is 1. The molecule has 10 nitrogen and oxygen atoms in total. The first-order chi connectivity index (χ1) is 19.5. The number of hydrogen-bond acceptors (Lipinski definition) is 8. The van der Waals surface area contributed by atoms with Gasteiger partial charge in [-0.25, -0.2) is 17.1 Å². The first-order valence-electron chi connectivity index (χ1n) is 14.1. The highest BCUT2D eigenvalue weighted by Gasteiger charge is 2.72. The third kappa shape index (κ3) is 4.94. The second-order valence-electron chi connectivity index (χ2n) is 13.0. The summed E-state index contributed by atoms with van der Waals surface area (Å²) in [6, 6.07) is 4.58. The number of amides is 1. The standard InChI is InChI=1S/C29H36ClFN4O6S/c1-6-21(19-8-9-20(30)26(25(19)31)41-18-7-10-23(32-15-18)35(37)38)33-27(2,3)14-24(36)34-22-13-17-11-12-29(22,28(17,4)5)16-42(34,39)40/h7-10,15,17,21-22,33H,6,11-14,16H2,1-5H3/t17-,21-,22-,29-/m1/s1. The molecule has 3 aliphatic rings. The van der Waals surface area contributed by atoms with E-state index in [1.807, 2.05) is 6.92 Å². The molecule has 5 rings (SSSR count). The Morgan fingerprint density at radius 1 is 1.33 bits per heavy atom. The molecular formula is C29H36ClFN4O6S. The molecule has 2 aliphatic carbocycles. The van der Waals surface area contributed by atoms with E-state index in [2.05, 4.69) is 24.1 Å². The summed E-state index contributed by atoms with van der Waals surface area (Å²) in [5.41, 5.74) is -1.18. The maximum absolute atomic E-state index is 15.8. The zero-order valence-electron chi connectivity index (χ0n) is 24.3. The second kappa shape index (κ2) is 10.4. The Labute approximate surface area is 250 Å². The number of carbonyl (C=O) groups is 1. The highest BCUT2D eigenvalue weighted by Crippen LogP contribution is 2.70. The number of nitro groups is 1. The lowest BCUT2D eigenvalue weighted by atomic mass is 9.69. The van der Waals surface area contributed by atoms with E-state index in [0.717, 1.165) is 25.1 Å². The molecule has 1 aromatic carbocycles. The third-order valence-corrected chi connectivity index (χ3v) is 12.0. The van der Waals surface area contributed by atoms with Crippen molar-refractivity contribution < 1.29 is 27.3 Å². The fourth-order valence-electron chi connectivity index (χ4n) is 7.56. The number of nitrogens with zero attached hydrogens (tertiary/aromatic N) is 3. The number of ether oxygens (including phenoxy) is 1. The number of rotatable bonds is 9. The van der Waals surface area contributed by atoms with Crippen molar-refractivity contribution in [1.82, 2.24) is 14.6 Å². The van der Waals surface area contributed by atoms with E-state index in [0.29, 0.717) is 18.8 Å². The van der Waals surface area contributed by atoms with Gasteiger partial charge in [0.25, 0.3) is 0 Å². The van der Waals surface area contributed by atoms with Gasteiger partial charge in [0, 0.05) is 35.0 Å². The summed E-state index contributed by atoms with van der Waals surface area (Å²) in [4.78, 5) is 27.6. The van der Waals surface area contributed by atoms with Gasteiger partial charge in [0.2, 0.25) is 15.9 Å². The van der Waals surface area contributed by atoms with Gasteiger partial charge in [0.1, 0.15) is 0 Å². The van der Waals surface area contributed by atoms with Crippen molar-refractivity contribution in [2.45, 2.75) is 84.3 Å². The molecule has 2 saturated carbocycles. The van der Waals surface area contributed by atoms with E-state index >= 15 is 4.39 Å². The molecular weight excluding hydrogens is 587 g/mol. The molecule has 13 heteroatoms. The van der Waals surface area contributed by atoms with Crippen LogP contribution >= 0.6 is 11.6 Å². The van der Waals surface area contributed by atoms with Gasteiger partial charge >= 0.3 is 5.82 Å². The quantitative estimate of drug-likeness (QED) is 0.260. The lowest BCUT2D eigenvalue weighted by molar-refractivity contribution is -0.389. The Morgan fingerprint density at radius 2 is 2.05 bits per heavy atom. The van der Waals surface area contributed by atoms with Gasteiger partial charge in [-0.1, -0.05) is 38.4 Å². The molecule has 228 valence electrons. The van der Waals surface area contributed by atoms with Gasteiger partial charge in [0.15, 0.2) is 23.5 Å². The van der Waals surface area contributed by atoms with Gasteiger partial charge in [-0.05, 0) is 72.9 Å². The zero-order valence-corrected chi connectivity index (χ0v) is 25.9. The number of pyridine rings is 1. The predicted octanol–water partition coefficient (Wildman–Crippen LogP) is 6.15. The molecule has 1 aliphatic heterocycles. The number of carbonyl (C=O) groups excluding carboxylic acids is 1. The minimum absolute atomic E-state index is 0.000786. The van der Waals surface area contributed by atoms with Gasteiger partial charge < -0.3 is 20.2 Å². The van der Waals surface area contributed by atoms with E-state index in [9.17, 15) is 23.3 Å². The fourth-order valence-corrected chi connectivity index (χ4v) is 10.3. The van der Waals surface area contributed by atoms with Crippen molar-refractivity contribution in [3.05, 3.63) is 57.0 Å². The Bertz CT molecular complexity index is 1530. The van der Waals surface area contributed by atoms with Gasteiger partial charge in [0.05, 0.1) is 16.8 Å². The molecule has 1 aromatic heterocycles. The lowest BCUT2D eigenvalue weighted by Gasteiger charge is -2.38. The average Bonchev–Trinajstić information content (AvgIpc) is 3.38.